The summed E-state index contributed by atoms with van der Waals surface area (Å²) in [4.78, 5) is 17.8. The lowest BCUT2D eigenvalue weighted by atomic mass is 9.73. The lowest BCUT2D eigenvalue weighted by Gasteiger charge is -2.44. The van der Waals surface area contributed by atoms with E-state index in [0.717, 1.165) is 37.2 Å². The minimum Gasteiger partial charge on any atom is -0.493 e. The van der Waals surface area contributed by atoms with Crippen LogP contribution in [0.15, 0.2) is 40.8 Å². The van der Waals surface area contributed by atoms with Crippen LogP contribution in [0.5, 0.6) is 5.75 Å². The van der Waals surface area contributed by atoms with Gasteiger partial charge in [0.2, 0.25) is 11.5 Å². The Kier molecular flexibility index (Phi) is 9.46. The van der Waals surface area contributed by atoms with Crippen molar-refractivity contribution >= 4 is 46.5 Å². The van der Waals surface area contributed by atoms with Gasteiger partial charge in [-0.15, -0.1) is 24.8 Å². The second kappa shape index (κ2) is 11.2. The Morgan fingerprint density at radius 3 is 2.57 bits per heavy atom. The zero-order valence-corrected chi connectivity index (χ0v) is 20.1. The summed E-state index contributed by atoms with van der Waals surface area (Å²) in [5.74, 6) is 0.481. The fourth-order valence-corrected chi connectivity index (χ4v) is 4.74. The molecule has 1 N–H and O–H groups in total. The first-order valence-corrected chi connectivity index (χ1v) is 10.7. The number of para-hydroxylation sites is 1. The molecule has 0 radical (unpaired) electrons. The number of hydrogen-bond acceptors (Lipinski definition) is 6. The normalized spacial score (nSPS) is 29.6. The number of nitrogens with zero attached hydrogens (tertiary/aromatic N) is 2. The molecule has 1 aliphatic carbocycles. The van der Waals surface area contributed by atoms with Crippen LogP contribution in [0.4, 0.5) is 0 Å². The molecule has 1 aromatic rings. The van der Waals surface area contributed by atoms with Crippen molar-refractivity contribution < 1.29 is 19.4 Å². The van der Waals surface area contributed by atoms with Gasteiger partial charge in [-0.3, -0.25) is 4.79 Å². The lowest BCUT2D eigenvalue weighted by Crippen LogP contribution is -2.54. The standard InChI is InChI=1S/C21H27BrN2O4.2ClH/c1-23-8-10-24(11-9-23)12-15-17(25)7-6-14-20(26)19(13-27-21(14)15)28-18-5-3-2-4-16(18)22;;/h2-5,13-15,17,21,25H,6-12H2,1H3;2*1H. The number of piperazine rings is 1. The smallest absolute Gasteiger partial charge is 0.208 e. The molecule has 4 rings (SSSR count). The highest BCUT2D eigenvalue weighted by molar-refractivity contribution is 9.10. The average molecular weight is 524 g/mol. The van der Waals surface area contributed by atoms with E-state index in [4.69, 9.17) is 9.47 Å². The monoisotopic (exact) mass is 522 g/mol. The van der Waals surface area contributed by atoms with Gasteiger partial charge in [-0.2, -0.15) is 0 Å². The van der Waals surface area contributed by atoms with E-state index in [-0.39, 0.29) is 54.3 Å². The van der Waals surface area contributed by atoms with Crippen LogP contribution in [0.3, 0.4) is 0 Å². The van der Waals surface area contributed by atoms with Gasteiger partial charge in [0, 0.05) is 38.6 Å². The van der Waals surface area contributed by atoms with Gasteiger partial charge in [0.05, 0.1) is 16.5 Å². The summed E-state index contributed by atoms with van der Waals surface area (Å²) in [6.45, 7) is 4.79. The van der Waals surface area contributed by atoms with Gasteiger partial charge in [0.1, 0.15) is 18.1 Å². The Labute approximate surface area is 198 Å². The van der Waals surface area contributed by atoms with Crippen LogP contribution in [0.2, 0.25) is 0 Å². The average Bonchev–Trinajstić information content (AvgIpc) is 2.69. The first-order valence-electron chi connectivity index (χ1n) is 9.94. The van der Waals surface area contributed by atoms with Crippen LogP contribution < -0.4 is 4.74 Å². The molecule has 1 saturated carbocycles. The Hall–Kier alpha value is -0.830. The maximum absolute atomic E-state index is 13.1. The molecule has 0 spiro atoms. The maximum Gasteiger partial charge on any atom is 0.208 e. The maximum atomic E-state index is 13.1. The zero-order valence-electron chi connectivity index (χ0n) is 16.9. The fourth-order valence-electron chi connectivity index (χ4n) is 4.38. The minimum absolute atomic E-state index is 0. The number of allylic oxidation sites excluding steroid dienone is 1. The molecule has 4 atom stereocenters. The van der Waals surface area contributed by atoms with Gasteiger partial charge in [-0.25, -0.2) is 0 Å². The highest BCUT2D eigenvalue weighted by atomic mass is 79.9. The van der Waals surface area contributed by atoms with Crippen molar-refractivity contribution in [2.45, 2.75) is 25.0 Å². The van der Waals surface area contributed by atoms with Gasteiger partial charge >= 0.3 is 0 Å². The number of carbonyl (C=O) groups excluding carboxylic acids is 1. The number of ketones is 1. The highest BCUT2D eigenvalue weighted by Gasteiger charge is 2.47. The number of aliphatic hydroxyl groups excluding tert-OH is 1. The van der Waals surface area contributed by atoms with E-state index in [0.29, 0.717) is 18.6 Å². The number of aliphatic hydroxyl groups is 1. The van der Waals surface area contributed by atoms with Crippen molar-refractivity contribution in [3.8, 4) is 5.75 Å². The molecular formula is C21H29BrCl2N2O4. The topological polar surface area (TPSA) is 62.2 Å². The molecule has 0 bridgehead atoms. The molecule has 9 heteroatoms. The molecule has 4 unspecified atom stereocenters. The highest BCUT2D eigenvalue weighted by Crippen LogP contribution is 2.38. The molecule has 3 aliphatic rings. The predicted octanol–water partition coefficient (Wildman–Crippen LogP) is 3.12. The molecule has 1 saturated heterocycles. The molecule has 0 aromatic heterocycles. The van der Waals surface area contributed by atoms with Crippen molar-refractivity contribution in [2.75, 3.05) is 39.8 Å². The molecule has 2 aliphatic heterocycles. The van der Waals surface area contributed by atoms with E-state index in [1.807, 2.05) is 24.3 Å². The van der Waals surface area contributed by atoms with Gasteiger partial charge in [-0.05, 0) is 48.0 Å². The summed E-state index contributed by atoms with van der Waals surface area (Å²) in [5.41, 5.74) is 0. The fraction of sp³-hybridized carbons (Fsp3) is 0.571. The van der Waals surface area contributed by atoms with Crippen molar-refractivity contribution in [1.82, 2.24) is 9.80 Å². The summed E-state index contributed by atoms with van der Waals surface area (Å²) in [7, 11) is 2.13. The summed E-state index contributed by atoms with van der Waals surface area (Å²) < 4.78 is 12.6. The van der Waals surface area contributed by atoms with E-state index < -0.39 is 6.10 Å². The number of likely N-dealkylation sites (N-methyl/N-ethyl adjacent to an activating group) is 1. The first kappa shape index (κ1) is 25.4. The predicted molar refractivity (Wildman–Crippen MR) is 123 cm³/mol. The van der Waals surface area contributed by atoms with Crippen molar-refractivity contribution in [3.05, 3.63) is 40.8 Å². The number of halogens is 3. The van der Waals surface area contributed by atoms with Crippen molar-refractivity contribution in [2.24, 2.45) is 11.8 Å². The van der Waals surface area contributed by atoms with Gasteiger partial charge in [0.15, 0.2) is 0 Å². The number of hydrogen-bond donors (Lipinski definition) is 1. The molecule has 168 valence electrons. The van der Waals surface area contributed by atoms with E-state index in [1.165, 1.54) is 6.26 Å². The van der Waals surface area contributed by atoms with Crippen LogP contribution in [-0.2, 0) is 9.53 Å². The number of carbonyl (C=O) groups is 1. The summed E-state index contributed by atoms with van der Waals surface area (Å²) >= 11 is 3.44. The third-order valence-corrected chi connectivity index (χ3v) is 6.77. The second-order valence-corrected chi connectivity index (χ2v) is 8.85. The van der Waals surface area contributed by atoms with E-state index in [1.54, 1.807) is 0 Å². The van der Waals surface area contributed by atoms with E-state index >= 15 is 0 Å². The van der Waals surface area contributed by atoms with Crippen molar-refractivity contribution in [3.63, 3.8) is 0 Å². The molecule has 0 amide bonds. The summed E-state index contributed by atoms with van der Waals surface area (Å²) in [5, 5.41) is 10.6. The molecular weight excluding hydrogens is 495 g/mol. The Balaban J connectivity index is 0.00000160. The summed E-state index contributed by atoms with van der Waals surface area (Å²) in [6.07, 6.45) is 1.96. The number of benzene rings is 1. The quantitative estimate of drug-likeness (QED) is 0.654. The van der Waals surface area contributed by atoms with Crippen LogP contribution in [0.1, 0.15) is 12.8 Å². The molecule has 30 heavy (non-hydrogen) atoms. The minimum atomic E-state index is -0.437. The molecule has 1 aromatic carbocycles. The molecule has 6 nitrogen and oxygen atoms in total. The SMILES string of the molecule is CN1CCN(CC2C(O)CCC3C(=O)C(Oc4ccccc4Br)=COC32)CC1.Cl.Cl. The zero-order chi connectivity index (χ0) is 19.7. The summed E-state index contributed by atoms with van der Waals surface area (Å²) in [6, 6.07) is 7.44. The number of ether oxygens (including phenoxy) is 2. The van der Waals surface area contributed by atoms with Crippen LogP contribution in [-0.4, -0.2) is 72.7 Å². The van der Waals surface area contributed by atoms with Gasteiger partial charge < -0.3 is 24.4 Å². The third-order valence-electron chi connectivity index (χ3n) is 6.12. The van der Waals surface area contributed by atoms with Gasteiger partial charge in [-0.1, -0.05) is 12.1 Å². The van der Waals surface area contributed by atoms with Crippen LogP contribution >= 0.6 is 40.7 Å². The Morgan fingerprint density at radius 1 is 1.17 bits per heavy atom. The third kappa shape index (κ3) is 5.50. The Morgan fingerprint density at radius 2 is 1.87 bits per heavy atom. The van der Waals surface area contributed by atoms with Crippen LogP contribution in [0, 0.1) is 11.8 Å². The lowest BCUT2D eigenvalue weighted by molar-refractivity contribution is -0.140. The second-order valence-electron chi connectivity index (χ2n) is 8.00. The van der Waals surface area contributed by atoms with Crippen molar-refractivity contribution in [1.29, 1.82) is 0 Å². The number of fused-ring (bicyclic) bond motifs is 1. The molecule has 2 fully saturated rings. The number of Topliss-reactive ketones (excluding diaryl/α,β-unsaturated/α-hetero) is 1. The van der Waals surface area contributed by atoms with Gasteiger partial charge in [0.25, 0.3) is 0 Å². The Bertz CT molecular complexity index is 758. The van der Waals surface area contributed by atoms with E-state index in [9.17, 15) is 9.90 Å². The largest absolute Gasteiger partial charge is 0.493 e. The van der Waals surface area contributed by atoms with Crippen LogP contribution in [0.25, 0.3) is 0 Å². The molecule has 2 heterocycles. The number of rotatable bonds is 4. The first-order chi connectivity index (χ1) is 13.5. The van der Waals surface area contributed by atoms with E-state index in [2.05, 4.69) is 32.8 Å².